The summed E-state index contributed by atoms with van der Waals surface area (Å²) < 4.78 is 21.8. The Labute approximate surface area is 223 Å². The SMILES string of the molecule is COc1cc(OC)cc(-c2ccc3nc(-c4ccccc4)cc(C(=O)Nc4nnc(-c5ccco5)o4)c3c2)c1. The minimum absolute atomic E-state index is 0.0497. The van der Waals surface area contributed by atoms with Crippen LogP contribution in [0.2, 0.25) is 0 Å². The lowest BCUT2D eigenvalue weighted by Gasteiger charge is -2.12. The van der Waals surface area contributed by atoms with E-state index in [0.717, 1.165) is 16.7 Å². The summed E-state index contributed by atoms with van der Waals surface area (Å²) in [5, 5.41) is 11.3. The van der Waals surface area contributed by atoms with Crippen LogP contribution in [0.3, 0.4) is 0 Å². The first-order chi connectivity index (χ1) is 19.1. The molecule has 0 bridgehead atoms. The molecule has 0 spiro atoms. The van der Waals surface area contributed by atoms with Gasteiger partial charge in [-0.15, -0.1) is 5.10 Å². The third-order valence-corrected chi connectivity index (χ3v) is 6.19. The number of benzene rings is 3. The van der Waals surface area contributed by atoms with Gasteiger partial charge in [-0.25, -0.2) is 4.98 Å². The number of furan rings is 1. The van der Waals surface area contributed by atoms with E-state index in [1.54, 1.807) is 38.5 Å². The van der Waals surface area contributed by atoms with Gasteiger partial charge >= 0.3 is 6.01 Å². The standard InChI is InChI=1S/C30H22N4O5/c1-36-21-13-20(14-22(16-21)37-2)19-10-11-25-23(15-19)24(17-26(31-25)18-7-4-3-5-8-18)28(35)32-30-34-33-29(39-30)27-9-6-12-38-27/h3-17H,1-2H3,(H,32,34,35). The maximum atomic E-state index is 13.6. The second-order valence-electron chi connectivity index (χ2n) is 8.60. The summed E-state index contributed by atoms with van der Waals surface area (Å²) in [6.07, 6.45) is 1.50. The number of anilines is 1. The van der Waals surface area contributed by atoms with Crippen molar-refractivity contribution < 1.29 is 23.1 Å². The van der Waals surface area contributed by atoms with Gasteiger partial charge in [-0.1, -0.05) is 41.5 Å². The Morgan fingerprint density at radius 2 is 1.59 bits per heavy atom. The zero-order valence-electron chi connectivity index (χ0n) is 21.0. The van der Waals surface area contributed by atoms with Crippen LogP contribution in [0.1, 0.15) is 10.4 Å². The number of fused-ring (bicyclic) bond motifs is 1. The van der Waals surface area contributed by atoms with Crippen LogP contribution >= 0.6 is 0 Å². The molecule has 0 aliphatic rings. The highest BCUT2D eigenvalue weighted by Crippen LogP contribution is 2.33. The van der Waals surface area contributed by atoms with Crippen molar-refractivity contribution in [3.63, 3.8) is 0 Å². The van der Waals surface area contributed by atoms with E-state index in [0.29, 0.717) is 39.4 Å². The van der Waals surface area contributed by atoms with Crippen LogP contribution in [0.5, 0.6) is 11.5 Å². The molecule has 192 valence electrons. The lowest BCUT2D eigenvalue weighted by atomic mass is 9.98. The fourth-order valence-corrected chi connectivity index (χ4v) is 4.26. The summed E-state index contributed by atoms with van der Waals surface area (Å²) in [6.45, 7) is 0. The number of hydrogen-bond acceptors (Lipinski definition) is 8. The molecule has 3 aromatic carbocycles. The summed E-state index contributed by atoms with van der Waals surface area (Å²) in [5.41, 5.74) is 4.32. The van der Waals surface area contributed by atoms with Crippen LogP contribution in [-0.2, 0) is 0 Å². The fourth-order valence-electron chi connectivity index (χ4n) is 4.26. The third kappa shape index (κ3) is 4.80. The quantitative estimate of drug-likeness (QED) is 0.255. The number of carbonyl (C=O) groups is 1. The zero-order valence-corrected chi connectivity index (χ0v) is 21.0. The van der Waals surface area contributed by atoms with E-state index in [9.17, 15) is 4.79 Å². The molecule has 0 atom stereocenters. The summed E-state index contributed by atoms with van der Waals surface area (Å²) >= 11 is 0. The van der Waals surface area contributed by atoms with Crippen LogP contribution in [0.4, 0.5) is 6.01 Å². The average molecular weight is 519 g/mol. The first-order valence-electron chi connectivity index (χ1n) is 12.0. The van der Waals surface area contributed by atoms with E-state index >= 15 is 0 Å². The number of pyridine rings is 1. The van der Waals surface area contributed by atoms with Crippen LogP contribution in [0, 0.1) is 0 Å². The molecular formula is C30H22N4O5. The number of nitrogens with one attached hydrogen (secondary N) is 1. The van der Waals surface area contributed by atoms with Crippen LogP contribution < -0.4 is 14.8 Å². The van der Waals surface area contributed by atoms with Gasteiger partial charge in [0.1, 0.15) is 11.5 Å². The molecule has 0 saturated carbocycles. The molecule has 6 rings (SSSR count). The molecule has 0 aliphatic carbocycles. The molecule has 0 unspecified atom stereocenters. The van der Waals surface area contributed by atoms with Crippen LogP contribution in [0.25, 0.3) is 44.9 Å². The van der Waals surface area contributed by atoms with Gasteiger partial charge in [0.2, 0.25) is 0 Å². The minimum atomic E-state index is -0.422. The molecule has 39 heavy (non-hydrogen) atoms. The van der Waals surface area contributed by atoms with Crippen molar-refractivity contribution >= 4 is 22.8 Å². The molecule has 9 nitrogen and oxygen atoms in total. The van der Waals surface area contributed by atoms with Gasteiger partial charge in [0.15, 0.2) is 5.76 Å². The molecule has 9 heteroatoms. The first-order valence-corrected chi connectivity index (χ1v) is 12.0. The van der Waals surface area contributed by atoms with Crippen LogP contribution in [0.15, 0.2) is 100 Å². The largest absolute Gasteiger partial charge is 0.497 e. The van der Waals surface area contributed by atoms with Gasteiger partial charge in [0, 0.05) is 17.0 Å². The number of aromatic nitrogens is 3. The highest BCUT2D eigenvalue weighted by molar-refractivity contribution is 6.13. The molecule has 0 saturated heterocycles. The lowest BCUT2D eigenvalue weighted by Crippen LogP contribution is -2.13. The van der Waals surface area contributed by atoms with Crippen molar-refractivity contribution in [2.45, 2.75) is 0 Å². The molecule has 0 aliphatic heterocycles. The molecule has 0 radical (unpaired) electrons. The van der Waals surface area contributed by atoms with E-state index in [-0.39, 0.29) is 11.9 Å². The van der Waals surface area contributed by atoms with Gasteiger partial charge in [-0.2, -0.15) is 0 Å². The van der Waals surface area contributed by atoms with Gasteiger partial charge in [-0.3, -0.25) is 10.1 Å². The van der Waals surface area contributed by atoms with Crippen LogP contribution in [-0.4, -0.2) is 35.3 Å². The Morgan fingerprint density at radius 1 is 0.795 bits per heavy atom. The number of rotatable bonds is 7. The van der Waals surface area contributed by atoms with E-state index in [1.807, 2.05) is 60.7 Å². The Hall–Kier alpha value is -5.44. The second kappa shape index (κ2) is 10.1. The number of hydrogen-bond donors (Lipinski definition) is 1. The second-order valence-corrected chi connectivity index (χ2v) is 8.60. The van der Waals surface area contributed by atoms with Crippen molar-refractivity contribution in [3.05, 3.63) is 96.8 Å². The number of ether oxygens (including phenoxy) is 2. The molecule has 0 fully saturated rings. The lowest BCUT2D eigenvalue weighted by molar-refractivity contribution is 0.102. The van der Waals surface area contributed by atoms with E-state index < -0.39 is 5.91 Å². The molecule has 3 heterocycles. The highest BCUT2D eigenvalue weighted by atomic mass is 16.5. The summed E-state index contributed by atoms with van der Waals surface area (Å²) in [5.74, 6) is 1.46. The molecule has 1 N–H and O–H groups in total. The van der Waals surface area contributed by atoms with Crippen molar-refractivity contribution in [2.24, 2.45) is 0 Å². The number of nitrogens with zero attached hydrogens (tertiary/aromatic N) is 3. The van der Waals surface area contributed by atoms with Gasteiger partial charge in [-0.05, 0) is 53.6 Å². The molecule has 1 amide bonds. The van der Waals surface area contributed by atoms with Crippen molar-refractivity contribution in [1.29, 1.82) is 0 Å². The maximum Gasteiger partial charge on any atom is 0.322 e. The summed E-state index contributed by atoms with van der Waals surface area (Å²) in [4.78, 5) is 18.5. The molecule has 6 aromatic rings. The Kier molecular flexibility index (Phi) is 6.22. The van der Waals surface area contributed by atoms with E-state index in [4.69, 9.17) is 23.3 Å². The topological polar surface area (TPSA) is 113 Å². The normalized spacial score (nSPS) is 10.9. The zero-order chi connectivity index (χ0) is 26.8. The Bertz CT molecular complexity index is 1760. The molecule has 3 aromatic heterocycles. The summed E-state index contributed by atoms with van der Waals surface area (Å²) in [6, 6.07) is 26.2. The Morgan fingerprint density at radius 3 is 2.31 bits per heavy atom. The smallest absolute Gasteiger partial charge is 0.322 e. The number of amides is 1. The van der Waals surface area contributed by atoms with Gasteiger partial charge < -0.3 is 18.3 Å². The predicted octanol–water partition coefficient (Wildman–Crippen LogP) is 6.48. The summed E-state index contributed by atoms with van der Waals surface area (Å²) in [7, 11) is 3.20. The maximum absolute atomic E-state index is 13.6. The van der Waals surface area contributed by atoms with Crippen molar-refractivity contribution in [1.82, 2.24) is 15.2 Å². The number of methoxy groups -OCH3 is 2. The monoisotopic (exact) mass is 518 g/mol. The van der Waals surface area contributed by atoms with E-state index in [2.05, 4.69) is 15.5 Å². The van der Waals surface area contributed by atoms with Crippen molar-refractivity contribution in [2.75, 3.05) is 19.5 Å². The fraction of sp³-hybridized carbons (Fsp3) is 0.0667. The number of carbonyl (C=O) groups excluding carboxylic acids is 1. The van der Waals surface area contributed by atoms with Crippen molar-refractivity contribution in [3.8, 4) is 45.5 Å². The van der Waals surface area contributed by atoms with Gasteiger partial charge in [0.05, 0.1) is 37.3 Å². The molecular weight excluding hydrogens is 496 g/mol. The predicted molar refractivity (Wildman–Crippen MR) is 146 cm³/mol. The average Bonchev–Trinajstić information content (AvgIpc) is 3.69. The minimum Gasteiger partial charge on any atom is -0.497 e. The Balaban J connectivity index is 1.45. The highest BCUT2D eigenvalue weighted by Gasteiger charge is 2.19. The first kappa shape index (κ1) is 23.9. The van der Waals surface area contributed by atoms with E-state index in [1.165, 1.54) is 6.26 Å². The van der Waals surface area contributed by atoms with Gasteiger partial charge in [0.25, 0.3) is 11.8 Å². The third-order valence-electron chi connectivity index (χ3n) is 6.19.